The number of carbonyl (C=O) groups is 2. The summed E-state index contributed by atoms with van der Waals surface area (Å²) < 4.78 is 31.5. The maximum atomic E-state index is 12.9. The van der Waals surface area contributed by atoms with Crippen LogP contribution in [-0.2, 0) is 11.8 Å². The van der Waals surface area contributed by atoms with E-state index in [0.29, 0.717) is 0 Å². The predicted molar refractivity (Wildman–Crippen MR) is 78.6 cm³/mol. The first kappa shape index (κ1) is 16.9. The van der Waals surface area contributed by atoms with Crippen LogP contribution in [0.1, 0.15) is 32.8 Å². The van der Waals surface area contributed by atoms with Crippen molar-refractivity contribution in [1.29, 1.82) is 0 Å². The highest BCUT2D eigenvalue weighted by molar-refractivity contribution is 6.34. The number of hydrogen-bond acceptors (Lipinski definition) is 5. The van der Waals surface area contributed by atoms with Crippen LogP contribution >= 0.6 is 11.6 Å². The number of carbonyl (C=O) groups excluding carboxylic acids is 2. The maximum absolute atomic E-state index is 12.9. The van der Waals surface area contributed by atoms with Gasteiger partial charge in [0, 0.05) is 12.6 Å². The number of halogens is 3. The SMILES string of the molecule is Cn1nc(C(F)F)c(C(=O)OCC(=O)c2ccccc2Cl)c1N. The van der Waals surface area contributed by atoms with Gasteiger partial charge < -0.3 is 10.5 Å². The van der Waals surface area contributed by atoms with Crippen molar-refractivity contribution < 1.29 is 23.1 Å². The molecule has 0 unspecified atom stereocenters. The number of alkyl halides is 2. The fourth-order valence-electron chi connectivity index (χ4n) is 1.89. The van der Waals surface area contributed by atoms with Crippen molar-refractivity contribution in [2.75, 3.05) is 12.3 Å². The summed E-state index contributed by atoms with van der Waals surface area (Å²) in [5.74, 6) is -1.98. The van der Waals surface area contributed by atoms with Gasteiger partial charge in [0.05, 0.1) is 5.02 Å². The van der Waals surface area contributed by atoms with E-state index in [0.717, 1.165) is 4.68 Å². The van der Waals surface area contributed by atoms with Gasteiger partial charge in [0.2, 0.25) is 5.78 Å². The molecule has 0 saturated heterocycles. The molecule has 0 radical (unpaired) electrons. The van der Waals surface area contributed by atoms with Gasteiger partial charge in [-0.15, -0.1) is 0 Å². The van der Waals surface area contributed by atoms with Crippen molar-refractivity contribution in [3.63, 3.8) is 0 Å². The Kier molecular flexibility index (Phi) is 4.95. The number of aromatic nitrogens is 2. The number of rotatable bonds is 5. The molecule has 0 amide bonds. The lowest BCUT2D eigenvalue weighted by atomic mass is 10.1. The third kappa shape index (κ3) is 3.48. The first-order chi connectivity index (χ1) is 10.8. The van der Waals surface area contributed by atoms with E-state index in [1.807, 2.05) is 0 Å². The van der Waals surface area contributed by atoms with E-state index in [2.05, 4.69) is 5.10 Å². The molecule has 2 aromatic rings. The Morgan fingerprint density at radius 1 is 1.39 bits per heavy atom. The summed E-state index contributed by atoms with van der Waals surface area (Å²) in [6.07, 6.45) is -3.00. The third-order valence-corrected chi connectivity index (χ3v) is 3.37. The molecule has 0 aliphatic rings. The highest BCUT2D eigenvalue weighted by Gasteiger charge is 2.28. The number of benzene rings is 1. The Morgan fingerprint density at radius 3 is 2.65 bits per heavy atom. The van der Waals surface area contributed by atoms with E-state index in [1.54, 1.807) is 12.1 Å². The summed E-state index contributed by atoms with van der Waals surface area (Å²) in [4.78, 5) is 23.9. The zero-order valence-electron chi connectivity index (χ0n) is 11.9. The van der Waals surface area contributed by atoms with Crippen molar-refractivity contribution in [2.24, 2.45) is 7.05 Å². The number of hydrogen-bond donors (Lipinski definition) is 1. The Bertz CT molecular complexity index is 762. The predicted octanol–water partition coefficient (Wildman–Crippen LogP) is 2.63. The van der Waals surface area contributed by atoms with E-state index in [-0.39, 0.29) is 16.4 Å². The lowest BCUT2D eigenvalue weighted by Gasteiger charge is -2.06. The van der Waals surface area contributed by atoms with Crippen LogP contribution in [0.2, 0.25) is 5.02 Å². The molecule has 0 aliphatic carbocycles. The molecule has 0 saturated carbocycles. The summed E-state index contributed by atoms with van der Waals surface area (Å²) in [5.41, 5.74) is 4.37. The van der Waals surface area contributed by atoms with Gasteiger partial charge in [0.25, 0.3) is 6.43 Å². The van der Waals surface area contributed by atoms with Crippen molar-refractivity contribution >= 4 is 29.2 Å². The second kappa shape index (κ2) is 6.74. The summed E-state index contributed by atoms with van der Waals surface area (Å²) in [6, 6.07) is 6.19. The molecule has 0 aliphatic heterocycles. The van der Waals surface area contributed by atoms with Crippen LogP contribution in [0, 0.1) is 0 Å². The highest BCUT2D eigenvalue weighted by Crippen LogP contribution is 2.26. The topological polar surface area (TPSA) is 87.2 Å². The Labute approximate surface area is 134 Å². The monoisotopic (exact) mass is 343 g/mol. The fourth-order valence-corrected chi connectivity index (χ4v) is 2.13. The van der Waals surface area contributed by atoms with Crippen molar-refractivity contribution in [1.82, 2.24) is 9.78 Å². The molecule has 23 heavy (non-hydrogen) atoms. The lowest BCUT2D eigenvalue weighted by Crippen LogP contribution is -2.16. The Morgan fingerprint density at radius 2 is 2.04 bits per heavy atom. The van der Waals surface area contributed by atoms with Gasteiger partial charge in [-0.05, 0) is 12.1 Å². The number of aryl methyl sites for hydroxylation is 1. The van der Waals surface area contributed by atoms with Crippen molar-refractivity contribution in [3.8, 4) is 0 Å². The molecule has 1 aromatic carbocycles. The third-order valence-electron chi connectivity index (χ3n) is 3.04. The maximum Gasteiger partial charge on any atom is 0.344 e. The van der Waals surface area contributed by atoms with Gasteiger partial charge in [0.15, 0.2) is 6.61 Å². The minimum absolute atomic E-state index is 0.162. The van der Waals surface area contributed by atoms with Gasteiger partial charge in [0.1, 0.15) is 17.1 Å². The summed E-state index contributed by atoms with van der Waals surface area (Å²) >= 11 is 5.85. The lowest BCUT2D eigenvalue weighted by molar-refractivity contribution is 0.0467. The molecular formula is C14H12ClF2N3O3. The molecule has 2 N–H and O–H groups in total. The van der Waals surface area contributed by atoms with Crippen LogP contribution in [-0.4, -0.2) is 28.1 Å². The zero-order chi connectivity index (χ0) is 17.1. The molecule has 1 heterocycles. The molecule has 0 bridgehead atoms. The average molecular weight is 344 g/mol. The zero-order valence-corrected chi connectivity index (χ0v) is 12.7. The largest absolute Gasteiger partial charge is 0.454 e. The molecule has 0 atom stereocenters. The minimum Gasteiger partial charge on any atom is -0.454 e. The standard InChI is InChI=1S/C14H12ClF2N3O3/c1-20-13(18)10(11(19-20)12(16)17)14(22)23-6-9(21)7-4-2-3-5-8(7)15/h2-5,12H,6,18H2,1H3. The van der Waals surface area contributed by atoms with E-state index in [1.165, 1.54) is 19.2 Å². The Hall–Kier alpha value is -2.48. The number of Topliss-reactive ketones (excluding diaryl/α,β-unsaturated/α-hetero) is 1. The highest BCUT2D eigenvalue weighted by atomic mass is 35.5. The normalized spacial score (nSPS) is 10.8. The molecule has 6 nitrogen and oxygen atoms in total. The van der Waals surface area contributed by atoms with Crippen molar-refractivity contribution in [2.45, 2.75) is 6.43 Å². The molecule has 2 rings (SSSR count). The number of ketones is 1. The van der Waals surface area contributed by atoms with Crippen LogP contribution in [0.25, 0.3) is 0 Å². The molecule has 0 fully saturated rings. The molecular weight excluding hydrogens is 332 g/mol. The first-order valence-electron chi connectivity index (χ1n) is 6.38. The molecule has 122 valence electrons. The number of nitrogens with zero attached hydrogens (tertiary/aromatic N) is 2. The Balaban J connectivity index is 2.15. The van der Waals surface area contributed by atoms with Gasteiger partial charge in [-0.25, -0.2) is 13.6 Å². The van der Waals surface area contributed by atoms with Gasteiger partial charge >= 0.3 is 5.97 Å². The smallest absolute Gasteiger partial charge is 0.344 e. The van der Waals surface area contributed by atoms with Gasteiger partial charge in [-0.3, -0.25) is 9.48 Å². The molecule has 1 aromatic heterocycles. The number of nitrogens with two attached hydrogens (primary N) is 1. The van der Waals surface area contributed by atoms with Crippen molar-refractivity contribution in [3.05, 3.63) is 46.1 Å². The summed E-state index contributed by atoms with van der Waals surface area (Å²) in [7, 11) is 1.31. The van der Waals surface area contributed by atoms with Crippen LogP contribution in [0.5, 0.6) is 0 Å². The summed E-state index contributed by atoms with van der Waals surface area (Å²) in [5, 5.41) is 3.66. The van der Waals surface area contributed by atoms with Crippen LogP contribution in [0.3, 0.4) is 0 Å². The number of esters is 1. The number of nitrogen functional groups attached to an aromatic ring is 1. The number of anilines is 1. The van der Waals surface area contributed by atoms with E-state index < -0.39 is 36.0 Å². The van der Waals surface area contributed by atoms with Crippen LogP contribution in [0.15, 0.2) is 24.3 Å². The second-order valence-electron chi connectivity index (χ2n) is 4.55. The first-order valence-corrected chi connectivity index (χ1v) is 6.76. The quantitative estimate of drug-likeness (QED) is 0.666. The van der Waals surface area contributed by atoms with Gasteiger partial charge in [-0.2, -0.15) is 5.10 Å². The van der Waals surface area contributed by atoms with Crippen LogP contribution in [0.4, 0.5) is 14.6 Å². The average Bonchev–Trinajstić information content (AvgIpc) is 2.81. The second-order valence-corrected chi connectivity index (χ2v) is 4.96. The van der Waals surface area contributed by atoms with E-state index in [9.17, 15) is 18.4 Å². The molecule has 9 heteroatoms. The fraction of sp³-hybridized carbons (Fsp3) is 0.214. The molecule has 0 spiro atoms. The summed E-state index contributed by atoms with van der Waals surface area (Å²) in [6.45, 7) is -0.653. The van der Waals surface area contributed by atoms with E-state index in [4.69, 9.17) is 22.1 Å². The number of ether oxygens (including phenoxy) is 1. The van der Waals surface area contributed by atoms with Crippen LogP contribution < -0.4 is 5.73 Å². The minimum atomic E-state index is -3.00. The van der Waals surface area contributed by atoms with Gasteiger partial charge in [-0.1, -0.05) is 23.7 Å². The van der Waals surface area contributed by atoms with E-state index >= 15 is 0 Å².